The van der Waals surface area contributed by atoms with Crippen LogP contribution in [0.2, 0.25) is 0 Å². The van der Waals surface area contributed by atoms with E-state index in [4.69, 9.17) is 9.47 Å². The van der Waals surface area contributed by atoms with Crippen molar-refractivity contribution < 1.29 is 14.3 Å². The Morgan fingerprint density at radius 1 is 1.25 bits per heavy atom. The van der Waals surface area contributed by atoms with Crippen LogP contribution in [0, 0.1) is 11.3 Å². The molecule has 0 heterocycles. The number of carbonyl (C=O) groups excluding carboxylic acids is 1. The van der Waals surface area contributed by atoms with E-state index in [0.717, 1.165) is 10.8 Å². The predicted molar refractivity (Wildman–Crippen MR) is 75.5 cm³/mol. The molecule has 0 aliphatic carbocycles. The summed E-state index contributed by atoms with van der Waals surface area (Å²) in [6, 6.07) is 13.1. The smallest absolute Gasteiger partial charge is 0.330 e. The monoisotopic (exact) mass is 269 g/mol. The van der Waals surface area contributed by atoms with E-state index in [1.54, 1.807) is 20.1 Å². The topological polar surface area (TPSA) is 59.3 Å². The molecular formula is C16H15NO3. The van der Waals surface area contributed by atoms with Crippen LogP contribution in [0.25, 0.3) is 10.8 Å². The number of nitriles is 1. The second-order valence-electron chi connectivity index (χ2n) is 4.62. The van der Waals surface area contributed by atoms with Gasteiger partial charge in [-0.2, -0.15) is 5.26 Å². The largest absolute Gasteiger partial charge is 0.497 e. The summed E-state index contributed by atoms with van der Waals surface area (Å²) in [6.45, 7) is 1.56. The van der Waals surface area contributed by atoms with Crippen molar-refractivity contribution in [1.29, 1.82) is 5.26 Å². The summed E-state index contributed by atoms with van der Waals surface area (Å²) in [4.78, 5) is 12.0. The number of ether oxygens (including phenoxy) is 2. The molecule has 0 N–H and O–H groups in total. The fraction of sp³-hybridized carbons (Fsp3) is 0.250. The van der Waals surface area contributed by atoms with Crippen LogP contribution < -0.4 is 4.74 Å². The first-order chi connectivity index (χ1) is 9.56. The van der Waals surface area contributed by atoms with Gasteiger partial charge in [-0.05, 0) is 35.4 Å². The van der Waals surface area contributed by atoms with E-state index < -0.39 is 11.4 Å². The average molecular weight is 269 g/mol. The maximum atomic E-state index is 12.0. The third kappa shape index (κ3) is 2.08. The molecule has 0 aromatic heterocycles. The Kier molecular flexibility index (Phi) is 3.62. The quantitative estimate of drug-likeness (QED) is 0.804. The molecule has 1 unspecified atom stereocenters. The highest BCUT2D eigenvalue weighted by Gasteiger charge is 2.38. The zero-order valence-corrected chi connectivity index (χ0v) is 11.6. The fourth-order valence-electron chi connectivity index (χ4n) is 2.23. The van der Waals surface area contributed by atoms with Crippen LogP contribution in [-0.4, -0.2) is 20.2 Å². The summed E-state index contributed by atoms with van der Waals surface area (Å²) in [6.07, 6.45) is 0. The van der Waals surface area contributed by atoms with Gasteiger partial charge < -0.3 is 9.47 Å². The third-order valence-electron chi connectivity index (χ3n) is 3.45. The van der Waals surface area contributed by atoms with Crippen molar-refractivity contribution in [2.24, 2.45) is 0 Å². The summed E-state index contributed by atoms with van der Waals surface area (Å²) >= 11 is 0. The number of rotatable bonds is 3. The van der Waals surface area contributed by atoms with Crippen LogP contribution in [0.3, 0.4) is 0 Å². The Balaban J connectivity index is 2.76. The number of esters is 1. The highest BCUT2D eigenvalue weighted by atomic mass is 16.5. The minimum atomic E-state index is -1.35. The number of carbonyl (C=O) groups is 1. The Morgan fingerprint density at radius 2 is 2.00 bits per heavy atom. The minimum Gasteiger partial charge on any atom is -0.497 e. The van der Waals surface area contributed by atoms with Crippen LogP contribution in [0.1, 0.15) is 12.5 Å². The molecule has 4 heteroatoms. The number of nitrogens with zero attached hydrogens (tertiary/aromatic N) is 1. The number of methoxy groups -OCH3 is 2. The van der Waals surface area contributed by atoms with Crippen molar-refractivity contribution in [3.05, 3.63) is 42.0 Å². The van der Waals surface area contributed by atoms with Crippen LogP contribution in [-0.2, 0) is 14.9 Å². The number of benzene rings is 2. The van der Waals surface area contributed by atoms with Gasteiger partial charge >= 0.3 is 5.97 Å². The fourth-order valence-corrected chi connectivity index (χ4v) is 2.23. The van der Waals surface area contributed by atoms with E-state index in [9.17, 15) is 10.1 Å². The molecule has 20 heavy (non-hydrogen) atoms. The Labute approximate surface area is 117 Å². The summed E-state index contributed by atoms with van der Waals surface area (Å²) in [5.74, 6) is 0.102. The Bertz CT molecular complexity index is 702. The van der Waals surface area contributed by atoms with Crippen molar-refractivity contribution in [2.75, 3.05) is 14.2 Å². The van der Waals surface area contributed by atoms with E-state index in [-0.39, 0.29) is 0 Å². The molecule has 2 rings (SSSR count). The summed E-state index contributed by atoms with van der Waals surface area (Å²) in [5.41, 5.74) is -0.732. The molecule has 0 radical (unpaired) electrons. The van der Waals surface area contributed by atoms with Crippen LogP contribution in [0.4, 0.5) is 0 Å². The summed E-state index contributed by atoms with van der Waals surface area (Å²) in [7, 11) is 2.86. The van der Waals surface area contributed by atoms with Gasteiger partial charge in [-0.1, -0.05) is 24.3 Å². The lowest BCUT2D eigenvalue weighted by atomic mass is 9.81. The molecule has 1 atom stereocenters. The van der Waals surface area contributed by atoms with Crippen molar-refractivity contribution in [3.8, 4) is 11.8 Å². The first-order valence-electron chi connectivity index (χ1n) is 6.13. The van der Waals surface area contributed by atoms with Gasteiger partial charge in [-0.3, -0.25) is 0 Å². The molecule has 0 saturated carbocycles. The van der Waals surface area contributed by atoms with E-state index >= 15 is 0 Å². The summed E-state index contributed by atoms with van der Waals surface area (Å²) < 4.78 is 9.98. The van der Waals surface area contributed by atoms with Gasteiger partial charge in [0, 0.05) is 0 Å². The third-order valence-corrected chi connectivity index (χ3v) is 3.45. The zero-order valence-electron chi connectivity index (χ0n) is 11.6. The van der Waals surface area contributed by atoms with E-state index in [1.165, 1.54) is 7.11 Å². The highest BCUT2D eigenvalue weighted by Crippen LogP contribution is 2.33. The van der Waals surface area contributed by atoms with Gasteiger partial charge in [-0.25, -0.2) is 4.79 Å². The molecule has 0 fully saturated rings. The van der Waals surface area contributed by atoms with Crippen molar-refractivity contribution >= 4 is 16.7 Å². The predicted octanol–water partition coefficient (Wildman–Crippen LogP) is 2.80. The van der Waals surface area contributed by atoms with Gasteiger partial charge in [-0.15, -0.1) is 0 Å². The second-order valence-corrected chi connectivity index (χ2v) is 4.62. The second kappa shape index (κ2) is 5.22. The van der Waals surface area contributed by atoms with Crippen molar-refractivity contribution in [1.82, 2.24) is 0 Å². The standard InChI is InChI=1S/C16H15NO3/c1-16(10-17,15(18)20-3)14-6-4-5-11-7-8-12(19-2)9-13(11)14/h4-9H,1-3H3. The van der Waals surface area contributed by atoms with Crippen molar-refractivity contribution in [3.63, 3.8) is 0 Å². The number of fused-ring (bicyclic) bond motifs is 1. The minimum absolute atomic E-state index is 0.574. The Hall–Kier alpha value is -2.54. The van der Waals surface area contributed by atoms with Crippen LogP contribution >= 0.6 is 0 Å². The molecule has 0 amide bonds. The Morgan fingerprint density at radius 3 is 2.60 bits per heavy atom. The molecule has 0 aliphatic rings. The lowest BCUT2D eigenvalue weighted by molar-refractivity contribution is -0.144. The summed E-state index contributed by atoms with van der Waals surface area (Å²) in [5, 5.41) is 11.2. The lowest BCUT2D eigenvalue weighted by Crippen LogP contribution is -2.32. The molecule has 0 spiro atoms. The first kappa shape index (κ1) is 13.9. The van der Waals surface area contributed by atoms with Crippen LogP contribution in [0.15, 0.2) is 36.4 Å². The molecule has 0 aliphatic heterocycles. The molecular weight excluding hydrogens is 254 g/mol. The zero-order chi connectivity index (χ0) is 14.8. The lowest BCUT2D eigenvalue weighted by Gasteiger charge is -2.21. The normalized spacial score (nSPS) is 13.3. The number of hydrogen-bond donors (Lipinski definition) is 0. The van der Waals surface area contributed by atoms with E-state index in [2.05, 4.69) is 6.07 Å². The maximum Gasteiger partial charge on any atom is 0.330 e. The van der Waals surface area contributed by atoms with Gasteiger partial charge in [0.2, 0.25) is 0 Å². The first-order valence-corrected chi connectivity index (χ1v) is 6.13. The molecule has 2 aromatic carbocycles. The maximum absolute atomic E-state index is 12.0. The molecule has 2 aromatic rings. The molecule has 4 nitrogen and oxygen atoms in total. The van der Waals surface area contributed by atoms with Gasteiger partial charge in [0.1, 0.15) is 5.75 Å². The number of hydrogen-bond acceptors (Lipinski definition) is 4. The molecule has 0 saturated heterocycles. The average Bonchev–Trinajstić information content (AvgIpc) is 2.52. The van der Waals surface area contributed by atoms with Gasteiger partial charge in [0.15, 0.2) is 5.41 Å². The molecule has 102 valence electrons. The highest BCUT2D eigenvalue weighted by molar-refractivity contribution is 5.96. The molecule has 0 bridgehead atoms. The van der Waals surface area contributed by atoms with E-state index in [0.29, 0.717) is 11.3 Å². The van der Waals surface area contributed by atoms with Crippen LogP contribution in [0.5, 0.6) is 5.75 Å². The van der Waals surface area contributed by atoms with E-state index in [1.807, 2.05) is 30.3 Å². The van der Waals surface area contributed by atoms with Crippen molar-refractivity contribution in [2.45, 2.75) is 12.3 Å². The van der Waals surface area contributed by atoms with Gasteiger partial charge in [0.05, 0.1) is 20.3 Å². The van der Waals surface area contributed by atoms with Gasteiger partial charge in [0.25, 0.3) is 0 Å². The SMILES string of the molecule is COC(=O)C(C)(C#N)c1cccc2ccc(OC)cc12.